The lowest BCUT2D eigenvalue weighted by molar-refractivity contribution is 0.552. The zero-order valence-electron chi connectivity index (χ0n) is 13.9. The molecule has 0 aliphatic heterocycles. The van der Waals surface area contributed by atoms with Gasteiger partial charge in [0.15, 0.2) is 0 Å². The Morgan fingerprint density at radius 1 is 1.19 bits per heavy atom. The Kier molecular flexibility index (Phi) is 7.09. The second-order valence-corrected chi connectivity index (χ2v) is 7.50. The van der Waals surface area contributed by atoms with Gasteiger partial charge in [0.05, 0.1) is 5.56 Å². The van der Waals surface area contributed by atoms with Crippen LogP contribution < -0.4 is 10.6 Å². The third kappa shape index (κ3) is 5.27. The highest BCUT2D eigenvalue weighted by atomic mass is 32.2. The quantitative estimate of drug-likeness (QED) is 0.430. The van der Waals surface area contributed by atoms with Crippen LogP contribution in [0.4, 0.5) is 5.69 Å². The summed E-state index contributed by atoms with van der Waals surface area (Å²) < 4.78 is 0. The molecule has 0 atom stereocenters. The lowest BCUT2D eigenvalue weighted by atomic mass is 10.1. The van der Waals surface area contributed by atoms with Gasteiger partial charge in [-0.25, -0.2) is 0 Å². The van der Waals surface area contributed by atoms with Crippen molar-refractivity contribution in [2.75, 3.05) is 23.7 Å². The van der Waals surface area contributed by atoms with E-state index in [1.165, 1.54) is 0 Å². The molecule has 0 fully saturated rings. The van der Waals surface area contributed by atoms with Gasteiger partial charge in [0.25, 0.3) is 0 Å². The molecule has 0 spiro atoms. The minimum Gasteiger partial charge on any atom is -0.384 e. The lowest BCUT2D eigenvalue weighted by Crippen LogP contribution is -2.33. The zero-order valence-corrected chi connectivity index (χ0v) is 14.8. The normalized spacial score (nSPS) is 11.2. The number of benzene rings is 1. The van der Waals surface area contributed by atoms with E-state index in [9.17, 15) is 0 Å². The van der Waals surface area contributed by atoms with E-state index < -0.39 is 0 Å². The number of anilines is 1. The number of nitrogens with zero attached hydrogens (tertiary/aromatic N) is 1. The van der Waals surface area contributed by atoms with Gasteiger partial charge in [-0.2, -0.15) is 0 Å². The van der Waals surface area contributed by atoms with Gasteiger partial charge >= 0.3 is 0 Å². The third-order valence-corrected chi connectivity index (χ3v) is 4.03. The molecule has 118 valence electrons. The van der Waals surface area contributed by atoms with Crippen molar-refractivity contribution >= 4 is 23.3 Å². The maximum absolute atomic E-state index is 7.99. The fourth-order valence-corrected chi connectivity index (χ4v) is 3.33. The van der Waals surface area contributed by atoms with Crippen LogP contribution in [-0.4, -0.2) is 24.7 Å². The van der Waals surface area contributed by atoms with E-state index in [4.69, 9.17) is 11.1 Å². The minimum absolute atomic E-state index is 0.166. The van der Waals surface area contributed by atoms with Crippen LogP contribution in [0.25, 0.3) is 0 Å². The third-order valence-electron chi connectivity index (χ3n) is 3.09. The molecule has 0 saturated heterocycles. The highest BCUT2D eigenvalue weighted by molar-refractivity contribution is 7.99. The van der Waals surface area contributed by atoms with Gasteiger partial charge in [0.1, 0.15) is 5.84 Å². The molecule has 0 aromatic heterocycles. The van der Waals surface area contributed by atoms with Crippen LogP contribution in [0.1, 0.15) is 40.2 Å². The zero-order chi connectivity index (χ0) is 16.0. The second-order valence-electron chi connectivity index (χ2n) is 6.19. The van der Waals surface area contributed by atoms with Crippen LogP contribution >= 0.6 is 11.8 Å². The number of nitrogens with one attached hydrogen (secondary N) is 1. The second kappa shape index (κ2) is 8.32. The number of rotatable bonds is 8. The van der Waals surface area contributed by atoms with Gasteiger partial charge in [-0.1, -0.05) is 40.7 Å². The van der Waals surface area contributed by atoms with E-state index in [1.54, 1.807) is 11.8 Å². The Labute approximate surface area is 133 Å². The van der Waals surface area contributed by atoms with E-state index in [0.29, 0.717) is 11.8 Å². The van der Waals surface area contributed by atoms with Crippen molar-refractivity contribution in [3.05, 3.63) is 23.8 Å². The smallest absolute Gasteiger partial charge is 0.126 e. The van der Waals surface area contributed by atoms with Gasteiger partial charge in [-0.05, 0) is 29.7 Å². The summed E-state index contributed by atoms with van der Waals surface area (Å²) in [6, 6.07) is 6.24. The molecule has 0 amide bonds. The fraction of sp³-hybridized carbons (Fsp3) is 0.588. The summed E-state index contributed by atoms with van der Waals surface area (Å²) in [4.78, 5) is 3.49. The van der Waals surface area contributed by atoms with E-state index in [0.717, 1.165) is 35.0 Å². The van der Waals surface area contributed by atoms with Crippen LogP contribution in [0.15, 0.2) is 23.1 Å². The number of amidine groups is 1. The van der Waals surface area contributed by atoms with Gasteiger partial charge in [-0.15, -0.1) is 11.8 Å². The molecule has 1 aromatic carbocycles. The Balaban J connectivity index is 3.28. The number of nitrogens with two attached hydrogens (primary N) is 1. The Bertz CT molecular complexity index is 459. The monoisotopic (exact) mass is 307 g/mol. The maximum Gasteiger partial charge on any atom is 0.126 e. The predicted molar refractivity (Wildman–Crippen MR) is 95.7 cm³/mol. The van der Waals surface area contributed by atoms with Crippen molar-refractivity contribution in [2.24, 2.45) is 17.6 Å². The lowest BCUT2D eigenvalue weighted by Gasteiger charge is -2.31. The largest absolute Gasteiger partial charge is 0.384 e. The van der Waals surface area contributed by atoms with Crippen molar-refractivity contribution < 1.29 is 0 Å². The van der Waals surface area contributed by atoms with Gasteiger partial charge in [-0.3, -0.25) is 5.41 Å². The van der Waals surface area contributed by atoms with Crippen LogP contribution in [0, 0.1) is 17.2 Å². The van der Waals surface area contributed by atoms with E-state index in [1.807, 2.05) is 0 Å². The summed E-state index contributed by atoms with van der Waals surface area (Å²) in [5.41, 5.74) is 7.88. The fourth-order valence-electron chi connectivity index (χ4n) is 2.48. The van der Waals surface area contributed by atoms with Crippen LogP contribution in [0.3, 0.4) is 0 Å². The molecule has 1 aromatic rings. The first kappa shape index (κ1) is 17.9. The molecule has 0 aliphatic rings. The summed E-state index contributed by atoms with van der Waals surface area (Å²) in [6.07, 6.45) is 0. The number of hydrogen-bond acceptors (Lipinski definition) is 3. The molecule has 3 N–H and O–H groups in total. The van der Waals surface area contributed by atoms with Crippen molar-refractivity contribution in [1.82, 2.24) is 0 Å². The summed E-state index contributed by atoms with van der Waals surface area (Å²) in [5.74, 6) is 2.30. The molecular formula is C17H29N3S. The summed E-state index contributed by atoms with van der Waals surface area (Å²) >= 11 is 1.75. The van der Waals surface area contributed by atoms with Gasteiger partial charge in [0, 0.05) is 23.7 Å². The van der Waals surface area contributed by atoms with E-state index in [2.05, 4.69) is 57.7 Å². The predicted octanol–water partition coefficient (Wildman–Crippen LogP) is 4.20. The topological polar surface area (TPSA) is 53.1 Å². The molecular weight excluding hydrogens is 278 g/mol. The summed E-state index contributed by atoms with van der Waals surface area (Å²) in [6.45, 7) is 13.0. The molecule has 0 aliphatic carbocycles. The van der Waals surface area contributed by atoms with Crippen molar-refractivity contribution in [2.45, 2.75) is 39.5 Å². The Hall–Kier alpha value is -1.16. The maximum atomic E-state index is 7.99. The van der Waals surface area contributed by atoms with Crippen LogP contribution in [0.5, 0.6) is 0 Å². The van der Waals surface area contributed by atoms with Crippen molar-refractivity contribution in [3.8, 4) is 0 Å². The van der Waals surface area contributed by atoms with Crippen molar-refractivity contribution in [3.63, 3.8) is 0 Å². The number of hydrogen-bond donors (Lipinski definition) is 2. The van der Waals surface area contributed by atoms with Crippen LogP contribution in [-0.2, 0) is 0 Å². The minimum atomic E-state index is 0.166. The molecule has 0 bridgehead atoms. The summed E-state index contributed by atoms with van der Waals surface area (Å²) in [7, 11) is 0. The van der Waals surface area contributed by atoms with E-state index >= 15 is 0 Å². The SMILES string of the molecule is CCSc1cccc(N(CC(C)C)CC(C)C)c1C(=N)N. The standard InChI is InChI=1S/C17H29N3S/c1-6-21-15-9-7-8-14(16(15)17(18)19)20(10-12(2)3)11-13(4)5/h7-9,12-13H,6,10-11H2,1-5H3,(H3,18,19). The van der Waals surface area contributed by atoms with Crippen LogP contribution in [0.2, 0.25) is 0 Å². The molecule has 0 unspecified atom stereocenters. The van der Waals surface area contributed by atoms with Gasteiger partial charge in [0.2, 0.25) is 0 Å². The first-order chi connectivity index (χ1) is 9.86. The van der Waals surface area contributed by atoms with Gasteiger partial charge < -0.3 is 10.6 Å². The average Bonchev–Trinajstić information content (AvgIpc) is 2.36. The first-order valence-corrected chi connectivity index (χ1v) is 8.70. The molecule has 21 heavy (non-hydrogen) atoms. The average molecular weight is 308 g/mol. The highest BCUT2D eigenvalue weighted by Crippen LogP contribution is 2.31. The molecule has 1 rings (SSSR count). The molecule has 3 nitrogen and oxygen atoms in total. The molecule has 0 radical (unpaired) electrons. The Morgan fingerprint density at radius 2 is 1.76 bits per heavy atom. The summed E-state index contributed by atoms with van der Waals surface area (Å²) in [5, 5.41) is 7.99. The number of nitrogen functional groups attached to an aromatic ring is 1. The van der Waals surface area contributed by atoms with Crippen molar-refractivity contribution in [1.29, 1.82) is 5.41 Å². The van der Waals surface area contributed by atoms with E-state index in [-0.39, 0.29) is 5.84 Å². The Morgan fingerprint density at radius 3 is 2.19 bits per heavy atom. The highest BCUT2D eigenvalue weighted by Gasteiger charge is 2.18. The molecule has 4 heteroatoms. The first-order valence-electron chi connectivity index (χ1n) is 7.71. The number of thioether (sulfide) groups is 1. The molecule has 0 saturated carbocycles. The molecule has 0 heterocycles.